The summed E-state index contributed by atoms with van der Waals surface area (Å²) in [5, 5.41) is 8.48. The maximum absolute atomic E-state index is 11.0. The predicted molar refractivity (Wildman–Crippen MR) is 59.0 cm³/mol. The molecule has 108 valence electrons. The van der Waals surface area contributed by atoms with Gasteiger partial charge in [-0.05, 0) is 6.42 Å². The van der Waals surface area contributed by atoms with Gasteiger partial charge in [0.25, 0.3) is 0 Å². The van der Waals surface area contributed by atoms with E-state index >= 15 is 0 Å². The number of carboxylic acid groups (broad SMARTS) is 1. The van der Waals surface area contributed by atoms with Gasteiger partial charge in [0.05, 0.1) is 13.0 Å². The largest absolute Gasteiger partial charge is 0.490 e. The zero-order chi connectivity index (χ0) is 14.8. The number of carbonyl (C=O) groups is 2. The van der Waals surface area contributed by atoms with Crippen molar-refractivity contribution in [3.63, 3.8) is 0 Å². The Balaban J connectivity index is 0. The molecule has 7 heteroatoms. The SMILES string of the molecule is CCCCCC(C)C(=O)O.COC(=O)C(F)(F)F. The minimum absolute atomic E-state index is 0.161. The first kappa shape index (κ1) is 19.1. The molecule has 0 spiro atoms. The van der Waals surface area contributed by atoms with Gasteiger partial charge in [0.1, 0.15) is 0 Å². The second-order valence-electron chi connectivity index (χ2n) is 3.72. The Morgan fingerprint density at radius 1 is 1.28 bits per heavy atom. The van der Waals surface area contributed by atoms with Crippen LogP contribution in [-0.2, 0) is 14.3 Å². The number of carboxylic acids is 1. The minimum atomic E-state index is -4.85. The lowest BCUT2D eigenvalue weighted by Gasteiger charge is -2.03. The van der Waals surface area contributed by atoms with E-state index in [-0.39, 0.29) is 5.92 Å². The highest BCUT2D eigenvalue weighted by atomic mass is 19.4. The van der Waals surface area contributed by atoms with E-state index in [2.05, 4.69) is 11.7 Å². The summed E-state index contributed by atoms with van der Waals surface area (Å²) >= 11 is 0. The van der Waals surface area contributed by atoms with E-state index in [4.69, 9.17) is 5.11 Å². The van der Waals surface area contributed by atoms with Crippen LogP contribution in [-0.4, -0.2) is 30.3 Å². The van der Waals surface area contributed by atoms with Gasteiger partial charge < -0.3 is 9.84 Å². The number of hydrogen-bond donors (Lipinski definition) is 1. The summed E-state index contributed by atoms with van der Waals surface area (Å²) in [6.07, 6.45) is -0.675. The van der Waals surface area contributed by atoms with E-state index in [1.807, 2.05) is 0 Å². The Bertz CT molecular complexity index is 251. The van der Waals surface area contributed by atoms with E-state index in [1.54, 1.807) is 6.92 Å². The van der Waals surface area contributed by atoms with Crippen molar-refractivity contribution in [3.8, 4) is 0 Å². The third-order valence-electron chi connectivity index (χ3n) is 2.08. The molecule has 0 aromatic heterocycles. The van der Waals surface area contributed by atoms with Crippen LogP contribution in [0.25, 0.3) is 0 Å². The first-order valence-electron chi connectivity index (χ1n) is 5.54. The van der Waals surface area contributed by atoms with Crippen molar-refractivity contribution >= 4 is 11.9 Å². The molecular weight excluding hydrogens is 253 g/mol. The van der Waals surface area contributed by atoms with Crippen molar-refractivity contribution in [2.45, 2.75) is 45.7 Å². The summed E-state index contributed by atoms with van der Waals surface area (Å²) in [6, 6.07) is 0. The topological polar surface area (TPSA) is 63.6 Å². The number of rotatable bonds is 5. The first-order valence-corrected chi connectivity index (χ1v) is 5.54. The Morgan fingerprint density at radius 3 is 2.00 bits per heavy atom. The fourth-order valence-electron chi connectivity index (χ4n) is 0.940. The number of methoxy groups -OCH3 is 1. The summed E-state index contributed by atoms with van der Waals surface area (Å²) in [4.78, 5) is 19.8. The van der Waals surface area contributed by atoms with E-state index in [0.717, 1.165) is 25.7 Å². The van der Waals surface area contributed by atoms with Gasteiger partial charge in [-0.2, -0.15) is 13.2 Å². The second kappa shape index (κ2) is 9.73. The predicted octanol–water partition coefficient (Wildman–Crippen LogP) is 3.01. The average Bonchev–Trinajstić information content (AvgIpc) is 2.27. The van der Waals surface area contributed by atoms with Gasteiger partial charge in [0.2, 0.25) is 0 Å². The van der Waals surface area contributed by atoms with Crippen molar-refractivity contribution in [1.29, 1.82) is 0 Å². The van der Waals surface area contributed by atoms with Gasteiger partial charge in [-0.1, -0.05) is 33.1 Å². The molecule has 1 atom stereocenters. The van der Waals surface area contributed by atoms with E-state index in [1.165, 1.54) is 0 Å². The highest BCUT2D eigenvalue weighted by Gasteiger charge is 2.39. The molecule has 0 saturated carbocycles. The third-order valence-corrected chi connectivity index (χ3v) is 2.08. The zero-order valence-corrected chi connectivity index (χ0v) is 10.7. The molecule has 0 aliphatic heterocycles. The van der Waals surface area contributed by atoms with E-state index < -0.39 is 18.1 Å². The molecule has 0 saturated heterocycles. The molecule has 1 N–H and O–H groups in total. The monoisotopic (exact) mass is 272 g/mol. The summed E-state index contributed by atoms with van der Waals surface area (Å²) in [5.41, 5.74) is 0. The first-order chi connectivity index (χ1) is 8.16. The molecule has 0 bridgehead atoms. The molecule has 0 aromatic carbocycles. The summed E-state index contributed by atoms with van der Waals surface area (Å²) in [5.74, 6) is -3.00. The summed E-state index contributed by atoms with van der Waals surface area (Å²) in [6.45, 7) is 3.88. The Kier molecular flexibility index (Phi) is 10.3. The molecule has 0 aliphatic carbocycles. The van der Waals surface area contributed by atoms with Crippen molar-refractivity contribution in [3.05, 3.63) is 0 Å². The molecule has 0 heterocycles. The maximum atomic E-state index is 11.0. The maximum Gasteiger partial charge on any atom is 0.490 e. The molecule has 0 aromatic rings. The normalized spacial score (nSPS) is 12.1. The average molecular weight is 272 g/mol. The molecule has 1 unspecified atom stereocenters. The van der Waals surface area contributed by atoms with Gasteiger partial charge in [0, 0.05) is 0 Å². The van der Waals surface area contributed by atoms with Gasteiger partial charge in [0.15, 0.2) is 0 Å². The molecule has 0 aliphatic rings. The van der Waals surface area contributed by atoms with Crippen molar-refractivity contribution in [1.82, 2.24) is 0 Å². The van der Waals surface area contributed by atoms with Crippen LogP contribution >= 0.6 is 0 Å². The number of esters is 1. The van der Waals surface area contributed by atoms with Crippen molar-refractivity contribution in [2.75, 3.05) is 7.11 Å². The second-order valence-corrected chi connectivity index (χ2v) is 3.72. The summed E-state index contributed by atoms with van der Waals surface area (Å²) in [7, 11) is 0.676. The summed E-state index contributed by atoms with van der Waals surface area (Å²) < 4.78 is 36.3. The van der Waals surface area contributed by atoms with Crippen molar-refractivity contribution in [2.24, 2.45) is 5.92 Å². The number of carbonyl (C=O) groups excluding carboxylic acids is 1. The van der Waals surface area contributed by atoms with Crippen LogP contribution < -0.4 is 0 Å². The number of unbranched alkanes of at least 4 members (excludes halogenated alkanes) is 2. The third kappa shape index (κ3) is 11.2. The van der Waals surface area contributed by atoms with E-state index in [0.29, 0.717) is 7.11 Å². The van der Waals surface area contributed by atoms with Gasteiger partial charge in [-0.25, -0.2) is 4.79 Å². The van der Waals surface area contributed by atoms with Gasteiger partial charge in [-0.15, -0.1) is 0 Å². The van der Waals surface area contributed by atoms with Crippen LogP contribution in [0.15, 0.2) is 0 Å². The highest BCUT2D eigenvalue weighted by molar-refractivity contribution is 5.75. The highest BCUT2D eigenvalue weighted by Crippen LogP contribution is 2.15. The number of aliphatic carboxylic acids is 1. The Hall–Kier alpha value is -1.27. The van der Waals surface area contributed by atoms with Gasteiger partial charge in [-0.3, -0.25) is 4.79 Å². The molecule has 0 radical (unpaired) electrons. The fourth-order valence-corrected chi connectivity index (χ4v) is 0.940. The number of hydrogen-bond acceptors (Lipinski definition) is 3. The van der Waals surface area contributed by atoms with Gasteiger partial charge >= 0.3 is 18.1 Å². The molecule has 0 fully saturated rings. The quantitative estimate of drug-likeness (QED) is 0.617. The number of ether oxygens (including phenoxy) is 1. The van der Waals surface area contributed by atoms with Crippen LogP contribution in [0.5, 0.6) is 0 Å². The molecule has 0 amide bonds. The lowest BCUT2D eigenvalue weighted by Crippen LogP contribution is -2.23. The smallest absolute Gasteiger partial charge is 0.481 e. The van der Waals surface area contributed by atoms with Crippen LogP contribution in [0.2, 0.25) is 0 Å². The lowest BCUT2D eigenvalue weighted by molar-refractivity contribution is -0.196. The van der Waals surface area contributed by atoms with Crippen LogP contribution in [0.1, 0.15) is 39.5 Å². The molecule has 0 rings (SSSR count). The number of halogens is 3. The molecule has 18 heavy (non-hydrogen) atoms. The van der Waals surface area contributed by atoms with Crippen molar-refractivity contribution < 1.29 is 32.6 Å². The number of alkyl halides is 3. The zero-order valence-electron chi connectivity index (χ0n) is 10.7. The molecular formula is C11H19F3O4. The van der Waals surface area contributed by atoms with E-state index in [9.17, 15) is 22.8 Å². The Morgan fingerprint density at radius 2 is 1.78 bits per heavy atom. The van der Waals surface area contributed by atoms with Crippen LogP contribution in [0, 0.1) is 5.92 Å². The van der Waals surface area contributed by atoms with Crippen LogP contribution in [0.3, 0.4) is 0 Å². The van der Waals surface area contributed by atoms with Crippen LogP contribution in [0.4, 0.5) is 13.2 Å². The fraction of sp³-hybridized carbons (Fsp3) is 0.818. The minimum Gasteiger partial charge on any atom is -0.481 e. The Labute approximate surface area is 104 Å². The molecule has 4 nitrogen and oxygen atoms in total. The lowest BCUT2D eigenvalue weighted by atomic mass is 10.0. The standard InChI is InChI=1S/C8H16O2.C3H3F3O2/c1-3-4-5-6-7(2)8(9)10;1-8-2(7)3(4,5)6/h7H,3-6H2,1-2H3,(H,9,10);1H3.